The zero-order valence-electron chi connectivity index (χ0n) is 14.8. The molecule has 0 atom stereocenters. The topological polar surface area (TPSA) is 122 Å². The molecule has 9 nitrogen and oxygen atoms in total. The highest BCUT2D eigenvalue weighted by atomic mass is 16.6. The molecule has 0 radical (unpaired) electrons. The average molecular weight is 381 g/mol. The number of para-hydroxylation sites is 1. The average Bonchev–Trinajstić information content (AvgIpc) is 3.06. The molecule has 0 N–H and O–H groups in total. The van der Waals surface area contributed by atoms with Crippen molar-refractivity contribution >= 4 is 23.5 Å². The van der Waals surface area contributed by atoms with E-state index in [0.717, 1.165) is 5.56 Å². The van der Waals surface area contributed by atoms with Crippen molar-refractivity contribution in [3.63, 3.8) is 0 Å². The molecule has 0 saturated carbocycles. The molecule has 28 heavy (non-hydrogen) atoms. The lowest BCUT2D eigenvalue weighted by Crippen LogP contribution is -2.00. The van der Waals surface area contributed by atoms with Crippen molar-refractivity contribution in [3.8, 4) is 5.75 Å². The van der Waals surface area contributed by atoms with Crippen molar-refractivity contribution < 1.29 is 19.1 Å². The van der Waals surface area contributed by atoms with Crippen LogP contribution >= 0.6 is 0 Å². The van der Waals surface area contributed by atoms with Crippen LogP contribution in [-0.2, 0) is 6.61 Å². The first-order valence-corrected chi connectivity index (χ1v) is 8.19. The minimum Gasteiger partial charge on any atom is -0.489 e. The molecular weight excluding hydrogens is 366 g/mol. The number of rotatable bonds is 7. The summed E-state index contributed by atoms with van der Waals surface area (Å²) in [5.74, 6) is 0.607. The number of ether oxygens (including phenoxy) is 1. The second-order valence-corrected chi connectivity index (χ2v) is 5.81. The van der Waals surface area contributed by atoms with E-state index in [2.05, 4.69) is 5.16 Å². The van der Waals surface area contributed by atoms with Crippen LogP contribution in [0.5, 0.6) is 5.75 Å². The Morgan fingerprint density at radius 2 is 1.75 bits per heavy atom. The standard InChI is InChI=1S/C19H15N3O6/c1-13-19(22(25)26)18(28-20-13)11-8-14-6-9-16(10-7-14)27-12-15-4-2-3-5-17(15)21(23)24/h2-11H,12H2,1H3/b11-8+. The number of aromatic nitrogens is 1. The Labute approximate surface area is 159 Å². The number of nitrogens with zero attached hydrogens (tertiary/aromatic N) is 3. The number of aryl methyl sites for hydroxylation is 1. The molecule has 0 bridgehead atoms. The van der Waals surface area contributed by atoms with Gasteiger partial charge in [0.05, 0.1) is 15.4 Å². The van der Waals surface area contributed by atoms with Crippen LogP contribution < -0.4 is 4.74 Å². The molecule has 0 spiro atoms. The second kappa shape index (κ2) is 8.12. The first-order chi connectivity index (χ1) is 13.5. The van der Waals surface area contributed by atoms with E-state index in [-0.39, 0.29) is 29.4 Å². The van der Waals surface area contributed by atoms with Gasteiger partial charge in [-0.2, -0.15) is 0 Å². The van der Waals surface area contributed by atoms with Crippen LogP contribution in [0.1, 0.15) is 22.6 Å². The quantitative estimate of drug-likeness (QED) is 0.434. The molecule has 0 amide bonds. The lowest BCUT2D eigenvalue weighted by molar-refractivity contribution is -0.386. The van der Waals surface area contributed by atoms with E-state index in [0.29, 0.717) is 11.3 Å². The second-order valence-electron chi connectivity index (χ2n) is 5.81. The van der Waals surface area contributed by atoms with E-state index in [9.17, 15) is 20.2 Å². The predicted molar refractivity (Wildman–Crippen MR) is 101 cm³/mol. The Hall–Kier alpha value is -4.01. The summed E-state index contributed by atoms with van der Waals surface area (Å²) >= 11 is 0. The van der Waals surface area contributed by atoms with Gasteiger partial charge in [0.15, 0.2) is 5.69 Å². The van der Waals surface area contributed by atoms with Gasteiger partial charge in [-0.25, -0.2) is 0 Å². The molecule has 0 aliphatic rings. The molecule has 0 aliphatic heterocycles. The van der Waals surface area contributed by atoms with Crippen molar-refractivity contribution in [2.45, 2.75) is 13.5 Å². The lowest BCUT2D eigenvalue weighted by Gasteiger charge is -2.07. The molecule has 3 aromatic rings. The summed E-state index contributed by atoms with van der Waals surface area (Å²) in [5.41, 5.74) is 1.29. The minimum absolute atomic E-state index is 0.00555. The highest BCUT2D eigenvalue weighted by molar-refractivity contribution is 5.71. The van der Waals surface area contributed by atoms with Crippen LogP contribution in [0, 0.1) is 27.2 Å². The fraction of sp³-hybridized carbons (Fsp3) is 0.105. The van der Waals surface area contributed by atoms with Crippen LogP contribution in [-0.4, -0.2) is 15.0 Å². The third kappa shape index (κ3) is 4.21. The van der Waals surface area contributed by atoms with E-state index in [1.165, 1.54) is 19.1 Å². The number of nitro groups is 2. The number of benzene rings is 2. The molecule has 1 aromatic heterocycles. The largest absolute Gasteiger partial charge is 0.489 e. The van der Waals surface area contributed by atoms with Crippen LogP contribution in [0.2, 0.25) is 0 Å². The molecule has 0 saturated heterocycles. The molecule has 0 fully saturated rings. The van der Waals surface area contributed by atoms with Crippen molar-refractivity contribution in [1.29, 1.82) is 0 Å². The summed E-state index contributed by atoms with van der Waals surface area (Å²) in [7, 11) is 0. The van der Waals surface area contributed by atoms with E-state index in [1.807, 2.05) is 0 Å². The normalized spacial score (nSPS) is 10.9. The fourth-order valence-corrected chi connectivity index (χ4v) is 2.53. The summed E-state index contributed by atoms with van der Waals surface area (Å²) in [6.07, 6.45) is 3.13. The van der Waals surface area contributed by atoms with Gasteiger partial charge in [-0.05, 0) is 36.8 Å². The monoisotopic (exact) mass is 381 g/mol. The summed E-state index contributed by atoms with van der Waals surface area (Å²) in [4.78, 5) is 21.1. The molecule has 9 heteroatoms. The maximum absolute atomic E-state index is 11.0. The Bertz CT molecular complexity index is 1040. The van der Waals surface area contributed by atoms with Crippen molar-refractivity contribution in [2.24, 2.45) is 0 Å². The first kappa shape index (κ1) is 18.8. The van der Waals surface area contributed by atoms with Gasteiger partial charge >= 0.3 is 5.69 Å². The molecule has 0 aliphatic carbocycles. The number of nitro benzene ring substituents is 1. The van der Waals surface area contributed by atoms with Gasteiger partial charge < -0.3 is 9.26 Å². The molecular formula is C19H15N3O6. The molecule has 0 unspecified atom stereocenters. The molecule has 1 heterocycles. The van der Waals surface area contributed by atoms with Gasteiger partial charge in [0.2, 0.25) is 5.76 Å². The maximum atomic E-state index is 11.0. The minimum atomic E-state index is -0.536. The first-order valence-electron chi connectivity index (χ1n) is 8.19. The molecule has 142 valence electrons. The molecule has 3 rings (SSSR count). The van der Waals surface area contributed by atoms with E-state index < -0.39 is 9.85 Å². The summed E-state index contributed by atoms with van der Waals surface area (Å²) in [6, 6.07) is 13.3. The fourth-order valence-electron chi connectivity index (χ4n) is 2.53. The zero-order chi connectivity index (χ0) is 20.1. The molecule has 2 aromatic carbocycles. The number of hydrogen-bond acceptors (Lipinski definition) is 7. The SMILES string of the molecule is Cc1noc(/C=C/c2ccc(OCc3ccccc3[N+](=O)[O-])cc2)c1[N+](=O)[O-]. The predicted octanol–water partition coefficient (Wildman–Crippen LogP) is 4.55. The Kier molecular flexibility index (Phi) is 5.45. The van der Waals surface area contributed by atoms with Crippen LogP contribution in [0.15, 0.2) is 53.1 Å². The van der Waals surface area contributed by atoms with Crippen molar-refractivity contribution in [3.05, 3.63) is 91.3 Å². The smallest absolute Gasteiger partial charge is 0.338 e. The van der Waals surface area contributed by atoms with Crippen LogP contribution in [0.25, 0.3) is 12.2 Å². The van der Waals surface area contributed by atoms with E-state index in [4.69, 9.17) is 9.26 Å². The zero-order valence-corrected chi connectivity index (χ0v) is 14.8. The maximum Gasteiger partial charge on any atom is 0.338 e. The summed E-state index contributed by atoms with van der Waals surface area (Å²) in [5, 5.41) is 25.7. The van der Waals surface area contributed by atoms with Gasteiger partial charge in [0.25, 0.3) is 5.69 Å². The highest BCUT2D eigenvalue weighted by Crippen LogP contribution is 2.25. The van der Waals surface area contributed by atoms with Gasteiger partial charge in [-0.1, -0.05) is 35.5 Å². The van der Waals surface area contributed by atoms with Crippen molar-refractivity contribution in [2.75, 3.05) is 0 Å². The summed E-state index contributed by atoms with van der Waals surface area (Å²) < 4.78 is 10.6. The highest BCUT2D eigenvalue weighted by Gasteiger charge is 2.21. The van der Waals surface area contributed by atoms with Gasteiger partial charge in [0.1, 0.15) is 12.4 Å². The van der Waals surface area contributed by atoms with Crippen LogP contribution in [0.4, 0.5) is 11.4 Å². The van der Waals surface area contributed by atoms with Crippen molar-refractivity contribution in [1.82, 2.24) is 5.16 Å². The van der Waals surface area contributed by atoms with Gasteiger partial charge in [0, 0.05) is 6.07 Å². The van der Waals surface area contributed by atoms with E-state index >= 15 is 0 Å². The number of hydrogen-bond donors (Lipinski definition) is 0. The Balaban J connectivity index is 1.68. The summed E-state index contributed by atoms with van der Waals surface area (Å²) in [6.45, 7) is 1.57. The van der Waals surface area contributed by atoms with Gasteiger partial charge in [-0.3, -0.25) is 20.2 Å². The van der Waals surface area contributed by atoms with E-state index in [1.54, 1.807) is 48.5 Å². The van der Waals surface area contributed by atoms with Gasteiger partial charge in [-0.15, -0.1) is 0 Å². The lowest BCUT2D eigenvalue weighted by atomic mass is 10.2. The Morgan fingerprint density at radius 3 is 2.43 bits per heavy atom. The Morgan fingerprint density at radius 1 is 1.04 bits per heavy atom. The van der Waals surface area contributed by atoms with Crippen LogP contribution in [0.3, 0.4) is 0 Å². The third-order valence-corrected chi connectivity index (χ3v) is 3.93. The third-order valence-electron chi connectivity index (χ3n) is 3.93.